The first-order chi connectivity index (χ1) is 13.0. The molecule has 1 saturated heterocycles. The van der Waals surface area contributed by atoms with E-state index in [9.17, 15) is 0 Å². The van der Waals surface area contributed by atoms with Gasteiger partial charge >= 0.3 is 0 Å². The fraction of sp³-hybridized carbons (Fsp3) is 0.542. The lowest BCUT2D eigenvalue weighted by Crippen LogP contribution is -3.00. The van der Waals surface area contributed by atoms with Gasteiger partial charge in [-0.1, -0.05) is 30.3 Å². The molecular weight excluding hydrogens is 410 g/mol. The zero-order valence-electron chi connectivity index (χ0n) is 17.6. The minimum absolute atomic E-state index is 0. The largest absolute Gasteiger partial charge is 1.00 e. The summed E-state index contributed by atoms with van der Waals surface area (Å²) >= 11 is 0. The van der Waals surface area contributed by atoms with Crippen LogP contribution in [-0.2, 0) is 12.8 Å². The van der Waals surface area contributed by atoms with E-state index in [4.69, 9.17) is 4.98 Å². The maximum absolute atomic E-state index is 4.90. The van der Waals surface area contributed by atoms with Crippen molar-refractivity contribution in [3.05, 3.63) is 59.3 Å². The lowest BCUT2D eigenvalue weighted by molar-refractivity contribution is -0.920. The van der Waals surface area contributed by atoms with Crippen LogP contribution in [-0.4, -0.2) is 48.7 Å². The van der Waals surface area contributed by atoms with Crippen LogP contribution in [0, 0.1) is 6.92 Å². The van der Waals surface area contributed by atoms with E-state index in [1.807, 2.05) is 0 Å². The highest BCUT2D eigenvalue weighted by Crippen LogP contribution is 2.30. The zero-order chi connectivity index (χ0) is 18.9. The molecule has 152 valence electrons. The van der Waals surface area contributed by atoms with Crippen molar-refractivity contribution >= 4 is 5.82 Å². The van der Waals surface area contributed by atoms with Gasteiger partial charge in [0.05, 0.1) is 26.7 Å². The van der Waals surface area contributed by atoms with Crippen molar-refractivity contribution < 1.29 is 21.5 Å². The number of likely N-dealkylation sites (tertiary alicyclic amines) is 1. The molecular formula is C24H34BrN3. The summed E-state index contributed by atoms with van der Waals surface area (Å²) < 4.78 is 1.18. The van der Waals surface area contributed by atoms with E-state index in [1.54, 1.807) is 0 Å². The summed E-state index contributed by atoms with van der Waals surface area (Å²) in [6.07, 6.45) is 7.69. The summed E-state index contributed by atoms with van der Waals surface area (Å²) in [4.78, 5) is 7.51. The molecule has 1 atom stereocenters. The van der Waals surface area contributed by atoms with E-state index in [1.165, 1.54) is 47.8 Å². The third kappa shape index (κ3) is 4.60. The van der Waals surface area contributed by atoms with Gasteiger partial charge in [-0.2, -0.15) is 0 Å². The van der Waals surface area contributed by atoms with E-state index in [0.717, 1.165) is 36.9 Å². The fourth-order valence-corrected chi connectivity index (χ4v) is 5.14. The van der Waals surface area contributed by atoms with Gasteiger partial charge in [0, 0.05) is 24.7 Å². The number of fused-ring (bicyclic) bond motifs is 1. The average molecular weight is 444 g/mol. The highest BCUT2D eigenvalue weighted by Gasteiger charge is 2.33. The molecule has 0 bridgehead atoms. The molecule has 0 spiro atoms. The van der Waals surface area contributed by atoms with Crippen LogP contribution in [0.2, 0.25) is 0 Å². The van der Waals surface area contributed by atoms with Crippen molar-refractivity contribution in [1.29, 1.82) is 0 Å². The molecule has 1 fully saturated rings. The number of benzene rings is 1. The molecule has 2 heterocycles. The molecule has 0 amide bonds. The van der Waals surface area contributed by atoms with Gasteiger partial charge in [-0.05, 0) is 62.3 Å². The number of quaternary nitrogens is 1. The van der Waals surface area contributed by atoms with Crippen molar-refractivity contribution in [2.45, 2.75) is 57.5 Å². The van der Waals surface area contributed by atoms with Crippen LogP contribution in [0.15, 0.2) is 42.5 Å². The highest BCUT2D eigenvalue weighted by molar-refractivity contribution is 5.45. The fourth-order valence-electron chi connectivity index (χ4n) is 5.14. The Labute approximate surface area is 181 Å². The van der Waals surface area contributed by atoms with Gasteiger partial charge < -0.3 is 26.4 Å². The summed E-state index contributed by atoms with van der Waals surface area (Å²) in [5.41, 5.74) is 4.16. The smallest absolute Gasteiger partial charge is 0.129 e. The van der Waals surface area contributed by atoms with Gasteiger partial charge in [-0.3, -0.25) is 0 Å². The second kappa shape index (κ2) is 8.96. The average Bonchev–Trinajstić information content (AvgIpc) is 3.07. The molecule has 0 saturated carbocycles. The van der Waals surface area contributed by atoms with Gasteiger partial charge in [0.2, 0.25) is 0 Å². The molecule has 28 heavy (non-hydrogen) atoms. The van der Waals surface area contributed by atoms with Crippen LogP contribution < -0.4 is 21.9 Å². The third-order valence-electron chi connectivity index (χ3n) is 6.85. The Morgan fingerprint density at radius 2 is 1.71 bits per heavy atom. The maximum atomic E-state index is 4.90. The third-order valence-corrected chi connectivity index (χ3v) is 6.85. The Hall–Kier alpha value is -1.39. The number of aromatic nitrogens is 1. The Bertz CT molecular complexity index is 764. The molecule has 1 aromatic heterocycles. The van der Waals surface area contributed by atoms with Crippen LogP contribution in [0.1, 0.15) is 42.5 Å². The number of aryl methyl sites for hydroxylation is 1. The lowest BCUT2D eigenvalue weighted by Gasteiger charge is -2.43. The van der Waals surface area contributed by atoms with E-state index in [0.29, 0.717) is 6.04 Å². The topological polar surface area (TPSA) is 16.1 Å². The minimum atomic E-state index is 0. The van der Waals surface area contributed by atoms with Crippen LogP contribution in [0.4, 0.5) is 5.82 Å². The number of nitrogens with zero attached hydrogens (tertiary/aromatic N) is 3. The van der Waals surface area contributed by atoms with E-state index in [-0.39, 0.29) is 17.0 Å². The van der Waals surface area contributed by atoms with Crippen molar-refractivity contribution in [2.24, 2.45) is 0 Å². The first-order valence-corrected chi connectivity index (χ1v) is 10.6. The molecule has 1 unspecified atom stereocenters. The molecule has 0 N–H and O–H groups in total. The summed E-state index contributed by atoms with van der Waals surface area (Å²) in [5, 5.41) is 0. The number of halogens is 1. The molecule has 1 aliphatic heterocycles. The molecule has 1 aromatic carbocycles. The van der Waals surface area contributed by atoms with Crippen molar-refractivity contribution in [3.8, 4) is 0 Å². The lowest BCUT2D eigenvalue weighted by atomic mass is 9.97. The van der Waals surface area contributed by atoms with Crippen LogP contribution in [0.25, 0.3) is 0 Å². The second-order valence-corrected chi connectivity index (χ2v) is 9.10. The summed E-state index contributed by atoms with van der Waals surface area (Å²) in [6, 6.07) is 16.7. The Balaban J connectivity index is 0.00000225. The van der Waals surface area contributed by atoms with E-state index < -0.39 is 0 Å². The number of anilines is 1. The zero-order valence-corrected chi connectivity index (χ0v) is 19.2. The van der Waals surface area contributed by atoms with Crippen molar-refractivity contribution in [2.75, 3.05) is 32.1 Å². The van der Waals surface area contributed by atoms with Gasteiger partial charge in [0.15, 0.2) is 0 Å². The number of hydrogen-bond donors (Lipinski definition) is 0. The molecule has 2 aromatic rings. The number of rotatable bonds is 5. The Kier molecular flexibility index (Phi) is 6.82. The SMILES string of the molecule is Cc1cccc(N(CCC2CCCC[N+]2(C)C)C2Cc3ccccc3C2)n1.[Br-]. The summed E-state index contributed by atoms with van der Waals surface area (Å²) in [6.45, 7) is 4.54. The molecule has 4 heteroatoms. The van der Waals surface area contributed by atoms with Crippen molar-refractivity contribution in [1.82, 2.24) is 4.98 Å². The molecule has 4 rings (SSSR count). The monoisotopic (exact) mass is 443 g/mol. The van der Waals surface area contributed by atoms with Crippen molar-refractivity contribution in [3.63, 3.8) is 0 Å². The number of hydrogen-bond acceptors (Lipinski definition) is 2. The van der Waals surface area contributed by atoms with Crippen LogP contribution >= 0.6 is 0 Å². The summed E-state index contributed by atoms with van der Waals surface area (Å²) in [5.74, 6) is 1.16. The quantitative estimate of drug-likeness (QED) is 0.649. The Morgan fingerprint density at radius 3 is 2.36 bits per heavy atom. The van der Waals surface area contributed by atoms with Gasteiger partial charge in [0.1, 0.15) is 5.82 Å². The van der Waals surface area contributed by atoms with E-state index >= 15 is 0 Å². The second-order valence-electron chi connectivity index (χ2n) is 9.10. The molecule has 2 aliphatic rings. The van der Waals surface area contributed by atoms with Gasteiger partial charge in [-0.25, -0.2) is 4.98 Å². The number of piperidine rings is 1. The highest BCUT2D eigenvalue weighted by atomic mass is 79.9. The van der Waals surface area contributed by atoms with Crippen LogP contribution in [0.3, 0.4) is 0 Å². The predicted octanol–water partition coefficient (Wildman–Crippen LogP) is 1.39. The van der Waals surface area contributed by atoms with E-state index in [2.05, 4.69) is 68.4 Å². The standard InChI is InChI=1S/C24H34N3.BrH/c1-19-9-8-13-24(25-19)26(15-14-23-12-6-7-16-27(23,2)3)22-17-20-10-4-5-11-21(20)18-22;/h4-5,8-11,13,22-23H,6-7,12,14-18H2,1-3H3;1H/q+1;/p-1. The van der Waals surface area contributed by atoms with Crippen LogP contribution in [0.5, 0.6) is 0 Å². The molecule has 1 aliphatic carbocycles. The number of pyridine rings is 1. The first-order valence-electron chi connectivity index (χ1n) is 10.6. The Morgan fingerprint density at radius 1 is 1.00 bits per heavy atom. The molecule has 3 nitrogen and oxygen atoms in total. The van der Waals surface area contributed by atoms with Gasteiger partial charge in [-0.15, -0.1) is 0 Å². The predicted molar refractivity (Wildman–Crippen MR) is 113 cm³/mol. The minimum Gasteiger partial charge on any atom is -1.00 e. The first kappa shape index (κ1) is 21.3. The molecule has 0 radical (unpaired) electrons. The summed E-state index contributed by atoms with van der Waals surface area (Å²) in [7, 11) is 4.84. The normalized spacial score (nSPS) is 21.0. The van der Waals surface area contributed by atoms with Gasteiger partial charge in [0.25, 0.3) is 0 Å². The maximum Gasteiger partial charge on any atom is 0.129 e.